The lowest BCUT2D eigenvalue weighted by molar-refractivity contribution is 0.209. The number of fused-ring (bicyclic) bond motifs is 1. The standard InChI is InChI=1S/C27H23FN4O4S/c1-35-23-15-21-22(16-24(23)36-2)29-12-11-25(21)37-20-9-5-18(6-10-20)30-26(33)32-14-13-31(27(32)34)19-7-3-17(28)4-8-19/h3-12,15-16H,13-14H2,1-2H3,(H,30,33). The zero-order chi connectivity index (χ0) is 25.9. The number of benzene rings is 3. The zero-order valence-corrected chi connectivity index (χ0v) is 20.9. The van der Waals surface area contributed by atoms with Crippen molar-refractivity contribution in [2.24, 2.45) is 0 Å². The van der Waals surface area contributed by atoms with Crippen LogP contribution in [0.4, 0.5) is 25.4 Å². The lowest BCUT2D eigenvalue weighted by Crippen LogP contribution is -2.39. The number of methoxy groups -OCH3 is 2. The summed E-state index contributed by atoms with van der Waals surface area (Å²) in [4.78, 5) is 34.5. The first-order valence-electron chi connectivity index (χ1n) is 11.4. The molecule has 5 rings (SSSR count). The first-order chi connectivity index (χ1) is 18.0. The van der Waals surface area contributed by atoms with Crippen LogP contribution in [0.1, 0.15) is 0 Å². The van der Waals surface area contributed by atoms with Crippen LogP contribution < -0.4 is 19.7 Å². The van der Waals surface area contributed by atoms with Crippen molar-refractivity contribution in [2.75, 3.05) is 37.5 Å². The van der Waals surface area contributed by atoms with E-state index in [-0.39, 0.29) is 12.4 Å². The first-order valence-corrected chi connectivity index (χ1v) is 12.2. The van der Waals surface area contributed by atoms with Crippen LogP contribution >= 0.6 is 11.8 Å². The van der Waals surface area contributed by atoms with E-state index < -0.39 is 12.1 Å². The van der Waals surface area contributed by atoms with Crippen LogP contribution in [0.15, 0.2) is 82.7 Å². The summed E-state index contributed by atoms with van der Waals surface area (Å²) in [6, 6.07) is 17.7. The smallest absolute Gasteiger partial charge is 0.332 e. The molecule has 0 unspecified atom stereocenters. The number of pyridine rings is 1. The molecule has 1 saturated heterocycles. The first kappa shape index (κ1) is 24.4. The Labute approximate surface area is 217 Å². The summed E-state index contributed by atoms with van der Waals surface area (Å²) in [7, 11) is 3.18. The topological polar surface area (TPSA) is 84.0 Å². The average molecular weight is 519 g/mol. The fraction of sp³-hybridized carbons (Fsp3) is 0.148. The van der Waals surface area contributed by atoms with E-state index in [4.69, 9.17) is 9.47 Å². The Morgan fingerprint density at radius 1 is 0.973 bits per heavy atom. The van der Waals surface area contributed by atoms with Gasteiger partial charge in [-0.1, -0.05) is 11.8 Å². The van der Waals surface area contributed by atoms with Gasteiger partial charge in [0.1, 0.15) is 5.82 Å². The Morgan fingerprint density at radius 2 is 1.68 bits per heavy atom. The molecule has 10 heteroatoms. The molecule has 2 heterocycles. The van der Waals surface area contributed by atoms with Crippen molar-refractivity contribution < 1.29 is 23.5 Å². The molecule has 37 heavy (non-hydrogen) atoms. The summed E-state index contributed by atoms with van der Waals surface area (Å²) >= 11 is 1.55. The van der Waals surface area contributed by atoms with Crippen molar-refractivity contribution >= 4 is 46.1 Å². The van der Waals surface area contributed by atoms with E-state index >= 15 is 0 Å². The number of rotatable bonds is 6. The number of carbonyl (C=O) groups excluding carboxylic acids is 2. The van der Waals surface area contributed by atoms with Gasteiger partial charge in [0, 0.05) is 45.4 Å². The van der Waals surface area contributed by atoms with Gasteiger partial charge in [-0.2, -0.15) is 0 Å². The number of amides is 4. The number of ether oxygens (including phenoxy) is 2. The number of anilines is 2. The van der Waals surface area contributed by atoms with E-state index in [2.05, 4.69) is 10.3 Å². The summed E-state index contributed by atoms with van der Waals surface area (Å²) in [6.45, 7) is 0.573. The van der Waals surface area contributed by atoms with Crippen LogP contribution in [0.25, 0.3) is 10.9 Å². The average Bonchev–Trinajstić information content (AvgIpc) is 3.30. The number of nitrogens with zero attached hydrogens (tertiary/aromatic N) is 3. The van der Waals surface area contributed by atoms with E-state index in [1.165, 1.54) is 29.2 Å². The number of hydrogen-bond acceptors (Lipinski definition) is 6. The lowest BCUT2D eigenvalue weighted by Gasteiger charge is -2.18. The van der Waals surface area contributed by atoms with Gasteiger partial charge in [0.05, 0.1) is 26.3 Å². The second-order valence-corrected chi connectivity index (χ2v) is 9.27. The Hall–Kier alpha value is -4.31. The van der Waals surface area contributed by atoms with Gasteiger partial charge >= 0.3 is 12.1 Å². The Balaban J connectivity index is 1.27. The molecule has 0 bridgehead atoms. The number of hydrogen-bond donors (Lipinski definition) is 1. The SMILES string of the molecule is COc1cc2nccc(Sc3ccc(NC(=O)N4CCN(c5ccc(F)cc5)C4=O)cc3)c2cc1OC. The maximum atomic E-state index is 13.2. The van der Waals surface area contributed by atoms with Crippen molar-refractivity contribution in [3.63, 3.8) is 0 Å². The fourth-order valence-electron chi connectivity index (χ4n) is 4.05. The summed E-state index contributed by atoms with van der Waals surface area (Å²) in [6.07, 6.45) is 1.74. The Morgan fingerprint density at radius 3 is 2.38 bits per heavy atom. The highest BCUT2D eigenvalue weighted by molar-refractivity contribution is 7.99. The highest BCUT2D eigenvalue weighted by atomic mass is 32.2. The molecule has 0 atom stereocenters. The van der Waals surface area contributed by atoms with Crippen molar-refractivity contribution in [2.45, 2.75) is 9.79 Å². The molecule has 1 aliphatic heterocycles. The minimum absolute atomic E-state index is 0.235. The summed E-state index contributed by atoms with van der Waals surface area (Å²) < 4.78 is 24.0. The largest absolute Gasteiger partial charge is 0.493 e. The van der Waals surface area contributed by atoms with Gasteiger partial charge in [-0.05, 0) is 60.7 Å². The molecule has 1 N–H and O–H groups in total. The van der Waals surface area contributed by atoms with Gasteiger partial charge in [-0.3, -0.25) is 9.88 Å². The van der Waals surface area contributed by atoms with Crippen LogP contribution in [0, 0.1) is 5.82 Å². The fourth-order valence-corrected chi connectivity index (χ4v) is 4.98. The van der Waals surface area contributed by atoms with E-state index in [0.29, 0.717) is 29.4 Å². The normalized spacial score (nSPS) is 13.2. The molecular formula is C27H23FN4O4S. The van der Waals surface area contributed by atoms with Gasteiger partial charge in [0.15, 0.2) is 11.5 Å². The predicted molar refractivity (Wildman–Crippen MR) is 140 cm³/mol. The number of carbonyl (C=O) groups is 2. The molecule has 0 saturated carbocycles. The third-order valence-electron chi connectivity index (χ3n) is 5.93. The van der Waals surface area contributed by atoms with E-state index in [1.54, 1.807) is 44.3 Å². The number of imide groups is 1. The lowest BCUT2D eigenvalue weighted by atomic mass is 10.2. The third-order valence-corrected chi connectivity index (χ3v) is 7.02. The maximum absolute atomic E-state index is 13.2. The van der Waals surface area contributed by atoms with E-state index in [0.717, 1.165) is 25.6 Å². The Kier molecular flexibility index (Phi) is 6.82. The summed E-state index contributed by atoms with van der Waals surface area (Å²) in [5.74, 6) is 0.850. The van der Waals surface area contributed by atoms with Crippen molar-refractivity contribution in [1.29, 1.82) is 0 Å². The summed E-state index contributed by atoms with van der Waals surface area (Å²) in [5.41, 5.74) is 1.90. The van der Waals surface area contributed by atoms with E-state index in [9.17, 15) is 14.0 Å². The Bertz CT molecular complexity index is 1460. The molecule has 0 radical (unpaired) electrons. The van der Waals surface area contributed by atoms with Gasteiger partial charge in [-0.25, -0.2) is 18.9 Å². The van der Waals surface area contributed by atoms with Crippen LogP contribution in [-0.4, -0.2) is 49.3 Å². The quantitative estimate of drug-likeness (QED) is 0.336. The molecule has 3 aromatic carbocycles. The van der Waals surface area contributed by atoms with Crippen LogP contribution in [0.5, 0.6) is 11.5 Å². The van der Waals surface area contributed by atoms with Gasteiger partial charge in [0.2, 0.25) is 0 Å². The predicted octanol–water partition coefficient (Wildman–Crippen LogP) is 6.02. The molecule has 0 aliphatic carbocycles. The monoisotopic (exact) mass is 518 g/mol. The number of urea groups is 2. The molecule has 0 spiro atoms. The highest BCUT2D eigenvalue weighted by Crippen LogP contribution is 2.38. The van der Waals surface area contributed by atoms with Crippen molar-refractivity contribution in [3.05, 3.63) is 78.7 Å². The number of aromatic nitrogens is 1. The zero-order valence-electron chi connectivity index (χ0n) is 20.1. The van der Waals surface area contributed by atoms with Gasteiger partial charge < -0.3 is 14.8 Å². The van der Waals surface area contributed by atoms with Crippen LogP contribution in [-0.2, 0) is 0 Å². The number of nitrogens with one attached hydrogen (secondary N) is 1. The molecule has 188 valence electrons. The maximum Gasteiger partial charge on any atom is 0.332 e. The van der Waals surface area contributed by atoms with Crippen LogP contribution in [0.3, 0.4) is 0 Å². The van der Waals surface area contributed by atoms with E-state index in [1.807, 2.05) is 30.3 Å². The summed E-state index contributed by atoms with van der Waals surface area (Å²) in [5, 5.41) is 3.70. The molecule has 8 nitrogen and oxygen atoms in total. The van der Waals surface area contributed by atoms with Crippen molar-refractivity contribution in [3.8, 4) is 11.5 Å². The molecule has 1 aliphatic rings. The van der Waals surface area contributed by atoms with Gasteiger partial charge in [0.25, 0.3) is 0 Å². The minimum atomic E-state index is -0.517. The molecule has 4 amide bonds. The van der Waals surface area contributed by atoms with Crippen molar-refractivity contribution in [1.82, 2.24) is 9.88 Å². The second-order valence-electron chi connectivity index (χ2n) is 8.15. The molecule has 4 aromatic rings. The molecular weight excluding hydrogens is 495 g/mol. The van der Waals surface area contributed by atoms with Crippen LogP contribution in [0.2, 0.25) is 0 Å². The number of halogens is 1. The second kappa shape index (κ2) is 10.4. The third kappa shape index (κ3) is 5.01. The van der Waals surface area contributed by atoms with Gasteiger partial charge in [-0.15, -0.1) is 0 Å². The highest BCUT2D eigenvalue weighted by Gasteiger charge is 2.34. The minimum Gasteiger partial charge on any atom is -0.493 e. The molecule has 1 fully saturated rings. The molecule has 1 aromatic heterocycles.